The predicted octanol–water partition coefficient (Wildman–Crippen LogP) is 1.97. The van der Waals surface area contributed by atoms with Gasteiger partial charge in [0.2, 0.25) is 5.65 Å². The normalized spacial score (nSPS) is 24.3. The Bertz CT molecular complexity index is 506. The van der Waals surface area contributed by atoms with Crippen LogP contribution in [-0.2, 0) is 0 Å². The fourth-order valence-electron chi connectivity index (χ4n) is 2.64. The van der Waals surface area contributed by atoms with Crippen LogP contribution in [0.15, 0.2) is 18.7 Å². The van der Waals surface area contributed by atoms with Crippen LogP contribution in [0.25, 0.3) is 5.65 Å². The summed E-state index contributed by atoms with van der Waals surface area (Å²) in [5, 5.41) is 11.4. The minimum absolute atomic E-state index is 0.764. The lowest BCUT2D eigenvalue weighted by atomic mass is 9.98. The van der Waals surface area contributed by atoms with Gasteiger partial charge in [-0.2, -0.15) is 0 Å². The fraction of sp³-hybridized carbons (Fsp3) is 0.583. The topological polar surface area (TPSA) is 55.1 Å². The predicted molar refractivity (Wildman–Crippen MR) is 65.8 cm³/mol. The Morgan fingerprint density at radius 1 is 1.47 bits per heavy atom. The zero-order valence-corrected chi connectivity index (χ0v) is 10.0. The van der Waals surface area contributed by atoms with Gasteiger partial charge in [0.1, 0.15) is 6.33 Å². The van der Waals surface area contributed by atoms with E-state index in [1.807, 2.05) is 10.6 Å². The van der Waals surface area contributed by atoms with Crippen LogP contribution in [0, 0.1) is 11.8 Å². The Kier molecular flexibility index (Phi) is 2.66. The highest BCUT2D eigenvalue weighted by atomic mass is 15.2. The van der Waals surface area contributed by atoms with E-state index in [4.69, 9.17) is 0 Å². The summed E-state index contributed by atoms with van der Waals surface area (Å²) in [6.45, 7) is 3.32. The van der Waals surface area contributed by atoms with Crippen molar-refractivity contribution in [2.45, 2.75) is 26.2 Å². The number of fused-ring (bicyclic) bond motifs is 1. The number of hydrogen-bond donors (Lipinski definition) is 1. The highest BCUT2D eigenvalue weighted by Gasteiger charge is 2.23. The van der Waals surface area contributed by atoms with Gasteiger partial charge in [0, 0.05) is 18.9 Å². The van der Waals surface area contributed by atoms with Gasteiger partial charge in [-0.15, -0.1) is 10.2 Å². The molecule has 1 aliphatic carbocycles. The van der Waals surface area contributed by atoms with E-state index in [-0.39, 0.29) is 0 Å². The Balaban J connectivity index is 1.74. The minimum Gasteiger partial charge on any atom is -0.367 e. The summed E-state index contributed by atoms with van der Waals surface area (Å²) in [6.07, 6.45) is 9.37. The third-order valence-electron chi connectivity index (χ3n) is 3.79. The minimum atomic E-state index is 0.764. The Labute approximate surface area is 100 Å². The van der Waals surface area contributed by atoms with Crippen LogP contribution in [0.5, 0.6) is 0 Å². The lowest BCUT2D eigenvalue weighted by molar-refractivity contribution is 0.439. The molecule has 90 valence electrons. The molecular weight excluding hydrogens is 214 g/mol. The third-order valence-corrected chi connectivity index (χ3v) is 3.79. The van der Waals surface area contributed by atoms with E-state index in [2.05, 4.69) is 27.4 Å². The van der Waals surface area contributed by atoms with E-state index in [9.17, 15) is 0 Å². The number of hydrogen-bond acceptors (Lipinski definition) is 4. The maximum absolute atomic E-state index is 4.33. The average Bonchev–Trinajstić information content (AvgIpc) is 2.95. The van der Waals surface area contributed by atoms with Crippen molar-refractivity contribution in [1.82, 2.24) is 19.6 Å². The quantitative estimate of drug-likeness (QED) is 0.877. The molecular formula is C12H17N5. The van der Waals surface area contributed by atoms with Gasteiger partial charge < -0.3 is 5.32 Å². The van der Waals surface area contributed by atoms with Crippen molar-refractivity contribution in [1.29, 1.82) is 0 Å². The number of rotatable bonds is 3. The van der Waals surface area contributed by atoms with Gasteiger partial charge in [-0.05, 0) is 18.3 Å². The van der Waals surface area contributed by atoms with Crippen molar-refractivity contribution < 1.29 is 0 Å². The first-order chi connectivity index (χ1) is 8.34. The van der Waals surface area contributed by atoms with Gasteiger partial charge in [0.25, 0.3) is 0 Å². The molecule has 0 radical (unpaired) electrons. The fourth-order valence-corrected chi connectivity index (χ4v) is 2.64. The van der Waals surface area contributed by atoms with E-state index in [1.54, 1.807) is 12.5 Å². The van der Waals surface area contributed by atoms with Crippen LogP contribution in [0.2, 0.25) is 0 Å². The second-order valence-corrected chi connectivity index (χ2v) is 4.89. The van der Waals surface area contributed by atoms with Crippen LogP contribution in [0.3, 0.4) is 0 Å². The summed E-state index contributed by atoms with van der Waals surface area (Å²) in [7, 11) is 0. The second-order valence-electron chi connectivity index (χ2n) is 4.89. The zero-order valence-electron chi connectivity index (χ0n) is 10.0. The van der Waals surface area contributed by atoms with Gasteiger partial charge in [-0.25, -0.2) is 4.98 Å². The summed E-state index contributed by atoms with van der Waals surface area (Å²) in [5.41, 5.74) is 0.804. The molecule has 2 atom stereocenters. The number of nitrogens with one attached hydrogen (secondary N) is 1. The molecule has 0 bridgehead atoms. The molecule has 2 heterocycles. The summed E-state index contributed by atoms with van der Waals surface area (Å²) in [5.74, 6) is 2.42. The summed E-state index contributed by atoms with van der Waals surface area (Å²) < 4.78 is 1.88. The molecule has 2 aromatic rings. The van der Waals surface area contributed by atoms with Gasteiger partial charge in [-0.1, -0.05) is 19.8 Å². The Morgan fingerprint density at radius 3 is 3.24 bits per heavy atom. The molecule has 5 heteroatoms. The summed E-state index contributed by atoms with van der Waals surface area (Å²) in [4.78, 5) is 4.33. The van der Waals surface area contributed by atoms with Crippen molar-refractivity contribution in [3.8, 4) is 0 Å². The third kappa shape index (κ3) is 1.97. The van der Waals surface area contributed by atoms with Gasteiger partial charge in [0.15, 0.2) is 5.82 Å². The van der Waals surface area contributed by atoms with Crippen LogP contribution in [0.1, 0.15) is 26.2 Å². The monoisotopic (exact) mass is 231 g/mol. The molecule has 0 aromatic carbocycles. The van der Waals surface area contributed by atoms with Gasteiger partial charge in [-0.3, -0.25) is 4.40 Å². The van der Waals surface area contributed by atoms with Crippen molar-refractivity contribution in [2.75, 3.05) is 11.9 Å². The number of aromatic nitrogens is 4. The van der Waals surface area contributed by atoms with Crippen LogP contribution in [-0.4, -0.2) is 26.1 Å². The van der Waals surface area contributed by atoms with E-state index < -0.39 is 0 Å². The van der Waals surface area contributed by atoms with Crippen LogP contribution < -0.4 is 5.32 Å². The molecule has 0 saturated heterocycles. The smallest absolute Gasteiger partial charge is 0.203 e. The molecule has 17 heavy (non-hydrogen) atoms. The van der Waals surface area contributed by atoms with Crippen molar-refractivity contribution in [2.24, 2.45) is 11.8 Å². The Hall–Kier alpha value is -1.65. The average molecular weight is 231 g/mol. The van der Waals surface area contributed by atoms with Gasteiger partial charge in [0.05, 0.1) is 0 Å². The molecule has 1 N–H and O–H groups in total. The van der Waals surface area contributed by atoms with E-state index in [0.717, 1.165) is 29.8 Å². The second kappa shape index (κ2) is 4.31. The van der Waals surface area contributed by atoms with Crippen molar-refractivity contribution >= 4 is 11.5 Å². The number of nitrogens with zero attached hydrogens (tertiary/aromatic N) is 4. The first-order valence-electron chi connectivity index (χ1n) is 6.23. The van der Waals surface area contributed by atoms with Crippen molar-refractivity contribution in [3.05, 3.63) is 18.7 Å². The molecule has 2 aromatic heterocycles. The molecule has 0 amide bonds. The van der Waals surface area contributed by atoms with Gasteiger partial charge >= 0.3 is 0 Å². The highest BCUT2D eigenvalue weighted by molar-refractivity contribution is 5.61. The standard InChI is InChI=1S/C12H17N5/c1-9-3-2-4-10(9)7-14-11-12-16-15-8-17(12)6-5-13-11/h5-6,8-10H,2-4,7H2,1H3,(H,13,14). The van der Waals surface area contributed by atoms with E-state index in [0.29, 0.717) is 0 Å². The number of anilines is 1. The van der Waals surface area contributed by atoms with Crippen LogP contribution in [0.4, 0.5) is 5.82 Å². The highest BCUT2D eigenvalue weighted by Crippen LogP contribution is 2.31. The summed E-state index contributed by atoms with van der Waals surface area (Å²) in [6, 6.07) is 0. The zero-order chi connectivity index (χ0) is 11.7. The molecule has 5 nitrogen and oxygen atoms in total. The van der Waals surface area contributed by atoms with E-state index >= 15 is 0 Å². The first-order valence-corrected chi connectivity index (χ1v) is 6.23. The maximum atomic E-state index is 4.33. The first kappa shape index (κ1) is 10.5. The SMILES string of the molecule is CC1CCCC1CNc1nccn2cnnc12. The van der Waals surface area contributed by atoms with Crippen LogP contribution >= 0.6 is 0 Å². The maximum Gasteiger partial charge on any atom is 0.203 e. The summed E-state index contributed by atoms with van der Waals surface area (Å²) >= 11 is 0. The lowest BCUT2D eigenvalue weighted by Gasteiger charge is -2.16. The lowest BCUT2D eigenvalue weighted by Crippen LogP contribution is -2.17. The largest absolute Gasteiger partial charge is 0.367 e. The molecule has 0 aliphatic heterocycles. The molecule has 1 aliphatic rings. The molecule has 2 unspecified atom stereocenters. The molecule has 1 saturated carbocycles. The Morgan fingerprint density at radius 2 is 2.41 bits per heavy atom. The van der Waals surface area contributed by atoms with E-state index in [1.165, 1.54) is 19.3 Å². The molecule has 0 spiro atoms. The van der Waals surface area contributed by atoms with Crippen molar-refractivity contribution in [3.63, 3.8) is 0 Å². The molecule has 3 rings (SSSR count). The molecule has 1 fully saturated rings.